The van der Waals surface area contributed by atoms with Gasteiger partial charge in [-0.1, -0.05) is 37.3 Å². The van der Waals surface area contributed by atoms with Crippen molar-refractivity contribution in [1.82, 2.24) is 19.5 Å². The van der Waals surface area contributed by atoms with Gasteiger partial charge in [-0.15, -0.1) is 0 Å². The Labute approximate surface area is 248 Å². The molecule has 2 aliphatic rings. The first-order chi connectivity index (χ1) is 20.4. The number of benzene rings is 2. The third kappa shape index (κ3) is 8.12. The number of allylic oxidation sites excluding steroid dienone is 2. The Balaban J connectivity index is 0.000000217. The molecular weight excluding hydrogens is 585 g/mol. The molecule has 230 valence electrons. The molecule has 0 bridgehead atoms. The van der Waals surface area contributed by atoms with Gasteiger partial charge < -0.3 is 14.6 Å². The van der Waals surface area contributed by atoms with Crippen LogP contribution in [0.4, 0.5) is 13.2 Å². The maximum atomic E-state index is 12.9. The van der Waals surface area contributed by atoms with Crippen LogP contribution in [-0.2, 0) is 14.8 Å². The highest BCUT2D eigenvalue weighted by Crippen LogP contribution is 2.22. The van der Waals surface area contributed by atoms with E-state index in [9.17, 15) is 31.2 Å². The number of carbonyl (C=O) groups excluding carboxylic acids is 2. The molecule has 1 fully saturated rings. The standard InChI is InChI=1S/C21H23N3O2.C9H10F3NO3S/c1-2-15-7-8-19(20(25)13-15)23-9-11-24(12-10-23)21(26)17-14-22-18-6-4-3-5-16(17)18;1-13-17(14,15)8-4-2-7(3-5-8)16-6-9(10,11)12/h3-8,13-14,19,22H,2,9-12H2,1H3;2-5,13H,6H2,1H3. The Morgan fingerprint density at radius 3 is 2.35 bits per heavy atom. The molecule has 9 nitrogen and oxygen atoms in total. The summed E-state index contributed by atoms with van der Waals surface area (Å²) in [6.45, 7) is 3.35. The fraction of sp³-hybridized carbons (Fsp3) is 0.333. The molecule has 1 aliphatic heterocycles. The molecule has 1 aliphatic carbocycles. The van der Waals surface area contributed by atoms with E-state index >= 15 is 0 Å². The second-order valence-electron chi connectivity index (χ2n) is 9.94. The Kier molecular flexibility index (Phi) is 10.1. The molecule has 0 radical (unpaired) electrons. The predicted octanol–water partition coefficient (Wildman–Crippen LogP) is 4.31. The molecular formula is C30H33F3N4O5S. The molecule has 13 heteroatoms. The van der Waals surface area contributed by atoms with Crippen LogP contribution in [0.2, 0.25) is 0 Å². The van der Waals surface area contributed by atoms with Crippen LogP contribution in [0.5, 0.6) is 5.75 Å². The first kappa shape index (κ1) is 32.0. The number of carbonyl (C=O) groups is 2. The number of sulfonamides is 1. The van der Waals surface area contributed by atoms with Gasteiger partial charge in [-0.25, -0.2) is 13.1 Å². The minimum absolute atomic E-state index is 0.0423. The quantitative estimate of drug-likeness (QED) is 0.409. The summed E-state index contributed by atoms with van der Waals surface area (Å²) in [7, 11) is -2.35. The van der Waals surface area contributed by atoms with E-state index in [0.717, 1.165) is 52.7 Å². The molecule has 2 heterocycles. The van der Waals surface area contributed by atoms with Crippen LogP contribution in [0.25, 0.3) is 10.9 Å². The van der Waals surface area contributed by atoms with Gasteiger partial charge in [0.05, 0.1) is 16.5 Å². The number of alkyl halides is 3. The van der Waals surface area contributed by atoms with E-state index in [1.807, 2.05) is 35.2 Å². The Bertz CT molecular complexity index is 1610. The third-order valence-electron chi connectivity index (χ3n) is 7.14. The summed E-state index contributed by atoms with van der Waals surface area (Å²) in [5, 5.41) is 0.961. The Morgan fingerprint density at radius 2 is 1.74 bits per heavy atom. The van der Waals surface area contributed by atoms with Crippen molar-refractivity contribution in [2.24, 2.45) is 0 Å². The van der Waals surface area contributed by atoms with E-state index in [1.165, 1.54) is 7.05 Å². The van der Waals surface area contributed by atoms with Gasteiger partial charge in [-0.3, -0.25) is 14.5 Å². The molecule has 1 aromatic heterocycles. The lowest BCUT2D eigenvalue weighted by atomic mass is 9.98. The van der Waals surface area contributed by atoms with Crippen LogP contribution in [-0.4, -0.2) is 86.9 Å². The van der Waals surface area contributed by atoms with E-state index in [4.69, 9.17) is 0 Å². The van der Waals surface area contributed by atoms with Crippen LogP contribution < -0.4 is 9.46 Å². The van der Waals surface area contributed by atoms with Crippen molar-refractivity contribution in [3.63, 3.8) is 0 Å². The topological polar surface area (TPSA) is 112 Å². The molecule has 43 heavy (non-hydrogen) atoms. The molecule has 5 rings (SSSR count). The molecule has 1 unspecified atom stereocenters. The number of nitrogens with one attached hydrogen (secondary N) is 2. The second-order valence-corrected chi connectivity index (χ2v) is 11.8. The van der Waals surface area contributed by atoms with Crippen LogP contribution in [0, 0.1) is 0 Å². The lowest BCUT2D eigenvalue weighted by Crippen LogP contribution is -2.53. The zero-order chi connectivity index (χ0) is 31.2. The second kappa shape index (κ2) is 13.6. The molecule has 1 saturated heterocycles. The number of aromatic amines is 1. The minimum atomic E-state index is -4.42. The first-order valence-electron chi connectivity index (χ1n) is 13.7. The number of amides is 1. The highest BCUT2D eigenvalue weighted by atomic mass is 32.2. The first-order valence-corrected chi connectivity index (χ1v) is 15.2. The molecule has 0 spiro atoms. The average Bonchev–Trinajstić information content (AvgIpc) is 3.44. The van der Waals surface area contributed by atoms with Crippen molar-refractivity contribution in [1.29, 1.82) is 0 Å². The van der Waals surface area contributed by atoms with Crippen molar-refractivity contribution in [2.75, 3.05) is 39.8 Å². The molecule has 2 aromatic carbocycles. The summed E-state index contributed by atoms with van der Waals surface area (Å²) in [6.07, 6.45) is 4.06. The van der Waals surface area contributed by atoms with Crippen LogP contribution in [0.3, 0.4) is 0 Å². The predicted molar refractivity (Wildman–Crippen MR) is 156 cm³/mol. The van der Waals surface area contributed by atoms with Crippen molar-refractivity contribution in [2.45, 2.75) is 30.5 Å². The number of nitrogens with zero attached hydrogens (tertiary/aromatic N) is 2. The number of hydrogen-bond donors (Lipinski definition) is 2. The lowest BCUT2D eigenvalue weighted by molar-refractivity contribution is -0.153. The highest BCUT2D eigenvalue weighted by Gasteiger charge is 2.30. The number of para-hydroxylation sites is 1. The summed E-state index contributed by atoms with van der Waals surface area (Å²) in [5.41, 5.74) is 2.78. The number of hydrogen-bond acceptors (Lipinski definition) is 6. The summed E-state index contributed by atoms with van der Waals surface area (Å²) >= 11 is 0. The maximum Gasteiger partial charge on any atom is 0.422 e. The number of halogens is 3. The van der Waals surface area contributed by atoms with Crippen molar-refractivity contribution in [3.8, 4) is 5.75 Å². The zero-order valence-corrected chi connectivity index (χ0v) is 24.5. The van der Waals surface area contributed by atoms with Crippen LogP contribution in [0.15, 0.2) is 83.4 Å². The van der Waals surface area contributed by atoms with Gasteiger partial charge in [-0.2, -0.15) is 13.2 Å². The number of aromatic nitrogens is 1. The van der Waals surface area contributed by atoms with Crippen molar-refractivity contribution in [3.05, 3.63) is 84.1 Å². The Hall–Kier alpha value is -3.94. The summed E-state index contributed by atoms with van der Waals surface area (Å²) in [4.78, 5) is 32.4. The number of ether oxygens (including phenoxy) is 1. The van der Waals surface area contributed by atoms with Crippen LogP contribution in [0.1, 0.15) is 23.7 Å². The maximum absolute atomic E-state index is 12.9. The van der Waals surface area contributed by atoms with E-state index in [1.54, 1.807) is 12.3 Å². The molecule has 3 aromatic rings. The van der Waals surface area contributed by atoms with Crippen molar-refractivity contribution < 1.29 is 35.9 Å². The number of H-pyrrole nitrogens is 1. The van der Waals surface area contributed by atoms with Gasteiger partial charge in [-0.05, 0) is 55.4 Å². The van der Waals surface area contributed by atoms with Crippen molar-refractivity contribution >= 4 is 32.6 Å². The smallest absolute Gasteiger partial charge is 0.422 e. The summed E-state index contributed by atoms with van der Waals surface area (Å²) in [6, 6.07) is 12.3. The molecule has 1 atom stereocenters. The number of ketones is 1. The van der Waals surface area contributed by atoms with E-state index in [-0.39, 0.29) is 28.4 Å². The van der Waals surface area contributed by atoms with Gasteiger partial charge in [0.15, 0.2) is 12.4 Å². The monoisotopic (exact) mass is 618 g/mol. The number of rotatable bonds is 7. The third-order valence-corrected chi connectivity index (χ3v) is 8.57. The van der Waals surface area contributed by atoms with Gasteiger partial charge >= 0.3 is 6.18 Å². The van der Waals surface area contributed by atoms with Gasteiger partial charge in [0.2, 0.25) is 10.0 Å². The SMILES string of the molecule is CCC1=CC(=O)C(N2CCN(C(=O)c3c[nH]c4ccccc34)CC2)C=C1.CNS(=O)(=O)c1ccc(OCC(F)(F)F)cc1. The normalized spacial score (nSPS) is 17.8. The fourth-order valence-electron chi connectivity index (χ4n) is 4.77. The molecule has 0 saturated carbocycles. The van der Waals surface area contributed by atoms with Gasteiger partial charge in [0, 0.05) is 43.3 Å². The Morgan fingerprint density at radius 1 is 1.07 bits per heavy atom. The van der Waals surface area contributed by atoms with Crippen LogP contribution >= 0.6 is 0 Å². The summed E-state index contributed by atoms with van der Waals surface area (Å²) < 4.78 is 64.6. The average molecular weight is 619 g/mol. The van der Waals surface area contributed by atoms with E-state index in [0.29, 0.717) is 26.2 Å². The lowest BCUT2D eigenvalue weighted by Gasteiger charge is -2.38. The minimum Gasteiger partial charge on any atom is -0.484 e. The number of piperazine rings is 1. The largest absolute Gasteiger partial charge is 0.484 e. The van der Waals surface area contributed by atoms with E-state index < -0.39 is 22.8 Å². The van der Waals surface area contributed by atoms with Gasteiger partial charge in [0.25, 0.3) is 5.91 Å². The zero-order valence-electron chi connectivity index (χ0n) is 23.7. The summed E-state index contributed by atoms with van der Waals surface area (Å²) in [5.74, 6) is 0.166. The fourth-order valence-corrected chi connectivity index (χ4v) is 5.50. The van der Waals surface area contributed by atoms with E-state index in [2.05, 4.69) is 32.3 Å². The molecule has 2 N–H and O–H groups in total. The highest BCUT2D eigenvalue weighted by molar-refractivity contribution is 7.89. The number of fused-ring (bicyclic) bond motifs is 1. The van der Waals surface area contributed by atoms with Gasteiger partial charge in [0.1, 0.15) is 5.75 Å². The molecule has 1 amide bonds.